The largest absolute Gasteiger partial charge is 0.396 e. The van der Waals surface area contributed by atoms with E-state index in [2.05, 4.69) is 16.5 Å². The molecule has 0 bridgehead atoms. The number of piperazine rings is 1. The van der Waals surface area contributed by atoms with Gasteiger partial charge in [-0.05, 0) is 36.8 Å². The molecule has 1 aromatic carbocycles. The first kappa shape index (κ1) is 19.8. The molecule has 0 spiro atoms. The number of rotatable bonds is 3. The smallest absolute Gasteiger partial charge is 0.246 e. The van der Waals surface area contributed by atoms with Crippen molar-refractivity contribution in [2.24, 2.45) is 0 Å². The van der Waals surface area contributed by atoms with Crippen LogP contribution in [0.4, 0.5) is 5.69 Å². The minimum Gasteiger partial charge on any atom is -0.396 e. The molecular formula is C20H22ClN5O2. The molecule has 146 valence electrons. The van der Waals surface area contributed by atoms with Crippen LogP contribution in [0.5, 0.6) is 0 Å². The van der Waals surface area contributed by atoms with Gasteiger partial charge in [-0.25, -0.2) is 9.97 Å². The lowest BCUT2D eigenvalue weighted by molar-refractivity contribution is -0.142. The third-order valence-electron chi connectivity index (χ3n) is 4.84. The zero-order valence-corrected chi connectivity index (χ0v) is 16.6. The fourth-order valence-corrected chi connectivity index (χ4v) is 3.72. The van der Waals surface area contributed by atoms with Crippen molar-refractivity contribution in [2.75, 3.05) is 18.8 Å². The Bertz CT molecular complexity index is 915. The van der Waals surface area contributed by atoms with Gasteiger partial charge in [-0.3, -0.25) is 9.59 Å². The van der Waals surface area contributed by atoms with Gasteiger partial charge in [0.1, 0.15) is 0 Å². The maximum atomic E-state index is 12.5. The lowest BCUT2D eigenvalue weighted by Gasteiger charge is -2.45. The summed E-state index contributed by atoms with van der Waals surface area (Å²) in [6.07, 6.45) is 4.34. The van der Waals surface area contributed by atoms with Gasteiger partial charge < -0.3 is 15.5 Å². The molecule has 3 rings (SSSR count). The van der Waals surface area contributed by atoms with Crippen LogP contribution < -0.4 is 5.73 Å². The molecule has 0 radical (unpaired) electrons. The predicted octanol–water partition coefficient (Wildman–Crippen LogP) is 2.69. The zero-order valence-electron chi connectivity index (χ0n) is 15.8. The van der Waals surface area contributed by atoms with Crippen LogP contribution in [0.25, 0.3) is 11.4 Å². The highest BCUT2D eigenvalue weighted by molar-refractivity contribution is 6.31. The third kappa shape index (κ3) is 3.99. The number of carbonyl (C=O) groups excluding carboxylic acids is 2. The number of amides is 2. The van der Waals surface area contributed by atoms with E-state index < -0.39 is 0 Å². The van der Waals surface area contributed by atoms with Crippen LogP contribution in [-0.2, 0) is 9.59 Å². The monoisotopic (exact) mass is 399 g/mol. The first-order chi connectivity index (χ1) is 13.3. The minimum absolute atomic E-state index is 0.0349. The molecule has 2 amide bonds. The molecule has 1 aliphatic heterocycles. The van der Waals surface area contributed by atoms with Gasteiger partial charge in [0.2, 0.25) is 11.8 Å². The molecule has 7 nitrogen and oxygen atoms in total. The molecule has 28 heavy (non-hydrogen) atoms. The molecular weight excluding hydrogens is 378 g/mol. The highest BCUT2D eigenvalue weighted by atomic mass is 35.5. The average Bonchev–Trinajstić information content (AvgIpc) is 2.66. The number of nitrogen functional groups attached to an aromatic ring is 1. The van der Waals surface area contributed by atoms with Crippen LogP contribution >= 0.6 is 11.6 Å². The maximum absolute atomic E-state index is 12.5. The number of hydrogen-bond acceptors (Lipinski definition) is 5. The summed E-state index contributed by atoms with van der Waals surface area (Å²) in [5, 5.41) is 0.493. The number of nitrogens with two attached hydrogens (primary N) is 1. The first-order valence-corrected chi connectivity index (χ1v) is 9.26. The van der Waals surface area contributed by atoms with Gasteiger partial charge in [0.15, 0.2) is 5.82 Å². The van der Waals surface area contributed by atoms with E-state index in [-0.39, 0.29) is 23.9 Å². The lowest BCUT2D eigenvalue weighted by atomic mass is 9.97. The average molecular weight is 400 g/mol. The molecule has 1 aromatic heterocycles. The van der Waals surface area contributed by atoms with Gasteiger partial charge >= 0.3 is 0 Å². The molecule has 1 fully saturated rings. The van der Waals surface area contributed by atoms with E-state index in [9.17, 15) is 9.59 Å². The second-order valence-electron chi connectivity index (χ2n) is 6.84. The van der Waals surface area contributed by atoms with E-state index in [1.165, 1.54) is 25.4 Å². The summed E-state index contributed by atoms with van der Waals surface area (Å²) in [6.45, 7) is 7.84. The molecule has 1 aliphatic rings. The number of hydrogen-bond donors (Lipinski definition) is 1. The number of carbonyl (C=O) groups is 2. The summed E-state index contributed by atoms with van der Waals surface area (Å²) in [4.78, 5) is 36.5. The van der Waals surface area contributed by atoms with Crippen molar-refractivity contribution in [3.05, 3.63) is 53.8 Å². The van der Waals surface area contributed by atoms with Crippen molar-refractivity contribution in [1.29, 1.82) is 0 Å². The van der Waals surface area contributed by atoms with Crippen molar-refractivity contribution in [1.82, 2.24) is 19.8 Å². The summed E-state index contributed by atoms with van der Waals surface area (Å²) in [5.41, 5.74) is 7.64. The summed E-state index contributed by atoms with van der Waals surface area (Å²) in [5.74, 6) is 0.254. The Morgan fingerprint density at radius 1 is 1.21 bits per heavy atom. The van der Waals surface area contributed by atoms with Gasteiger partial charge in [-0.15, -0.1) is 0 Å². The van der Waals surface area contributed by atoms with Crippen LogP contribution in [-0.4, -0.2) is 50.7 Å². The Morgan fingerprint density at radius 2 is 1.89 bits per heavy atom. The number of aromatic nitrogens is 2. The van der Waals surface area contributed by atoms with Crippen LogP contribution in [0.1, 0.15) is 25.5 Å². The molecule has 2 heterocycles. The van der Waals surface area contributed by atoms with Crippen molar-refractivity contribution < 1.29 is 9.59 Å². The summed E-state index contributed by atoms with van der Waals surface area (Å²) in [7, 11) is 0. The second-order valence-corrected chi connectivity index (χ2v) is 7.28. The molecule has 2 N–H and O–H groups in total. The maximum Gasteiger partial charge on any atom is 0.246 e. The van der Waals surface area contributed by atoms with Crippen LogP contribution in [0.2, 0.25) is 5.02 Å². The van der Waals surface area contributed by atoms with Crippen molar-refractivity contribution in [3.63, 3.8) is 0 Å². The van der Waals surface area contributed by atoms with Crippen molar-refractivity contribution >= 4 is 29.1 Å². The van der Waals surface area contributed by atoms with Gasteiger partial charge in [0.25, 0.3) is 0 Å². The summed E-state index contributed by atoms with van der Waals surface area (Å²) < 4.78 is 0. The Hall–Kier alpha value is -2.93. The van der Waals surface area contributed by atoms with Gasteiger partial charge in [-0.1, -0.05) is 18.2 Å². The van der Waals surface area contributed by atoms with Crippen molar-refractivity contribution in [3.8, 4) is 11.4 Å². The summed E-state index contributed by atoms with van der Waals surface area (Å²) >= 11 is 6.35. The molecule has 8 heteroatoms. The lowest BCUT2D eigenvalue weighted by Crippen LogP contribution is -2.56. The Kier molecular flexibility index (Phi) is 5.65. The van der Waals surface area contributed by atoms with E-state index in [0.717, 1.165) is 5.56 Å². The Balaban J connectivity index is 2.04. The fourth-order valence-electron chi connectivity index (χ4n) is 3.48. The van der Waals surface area contributed by atoms with E-state index in [1.54, 1.807) is 21.9 Å². The van der Waals surface area contributed by atoms with E-state index in [4.69, 9.17) is 17.3 Å². The van der Waals surface area contributed by atoms with Crippen LogP contribution in [0.3, 0.4) is 0 Å². The quantitative estimate of drug-likeness (QED) is 0.801. The standard InChI is InChI=1S/C20H22ClN5O2/c1-4-19(28)26-10-12(2)25(13(3)27)11-18(26)14-5-15(7-16(21)6-14)20-23-8-17(22)9-24-20/h4-9,12,18H,1,10-11,22H2,2-3H3/t12-,18+/m0/s1. The minimum atomic E-state index is -0.350. The molecule has 0 aliphatic carbocycles. The Morgan fingerprint density at radius 3 is 2.50 bits per heavy atom. The number of nitrogens with zero attached hydrogens (tertiary/aromatic N) is 4. The van der Waals surface area contributed by atoms with E-state index >= 15 is 0 Å². The van der Waals surface area contributed by atoms with E-state index in [1.807, 2.05) is 13.0 Å². The number of halogens is 1. The van der Waals surface area contributed by atoms with Crippen LogP contribution in [0.15, 0.2) is 43.2 Å². The summed E-state index contributed by atoms with van der Waals surface area (Å²) in [6, 6.07) is 5.00. The molecule has 0 unspecified atom stereocenters. The van der Waals surface area contributed by atoms with Crippen LogP contribution in [0, 0.1) is 0 Å². The normalized spacial score (nSPS) is 19.4. The Labute approximate surface area is 168 Å². The molecule has 0 saturated carbocycles. The van der Waals surface area contributed by atoms with Gasteiger partial charge in [0, 0.05) is 36.6 Å². The third-order valence-corrected chi connectivity index (χ3v) is 5.05. The van der Waals surface area contributed by atoms with Gasteiger partial charge in [0.05, 0.1) is 24.1 Å². The fraction of sp³-hybridized carbons (Fsp3) is 0.300. The van der Waals surface area contributed by atoms with E-state index in [0.29, 0.717) is 35.2 Å². The first-order valence-electron chi connectivity index (χ1n) is 8.88. The molecule has 1 saturated heterocycles. The molecule has 2 aromatic rings. The zero-order chi connectivity index (χ0) is 20.4. The second kappa shape index (κ2) is 7.98. The SMILES string of the molecule is C=CC(=O)N1C[C@H](C)N(C(C)=O)C[C@@H]1c1cc(Cl)cc(-c2ncc(N)cn2)c1. The molecule has 2 atom stereocenters. The highest BCUT2D eigenvalue weighted by Gasteiger charge is 2.35. The van der Waals surface area contributed by atoms with Gasteiger partial charge in [-0.2, -0.15) is 0 Å². The number of benzene rings is 1. The number of anilines is 1. The van der Waals surface area contributed by atoms with Crippen molar-refractivity contribution in [2.45, 2.75) is 25.9 Å². The topological polar surface area (TPSA) is 92.4 Å². The highest BCUT2D eigenvalue weighted by Crippen LogP contribution is 2.33. The predicted molar refractivity (Wildman–Crippen MR) is 108 cm³/mol.